The number of hydrogen-bond acceptors (Lipinski definition) is 1. The standard InChI is InChI=1S/C20H33N3/c1-3-4-5-11-16-19(23-20(21)22-2)17-12-7-10-15-18-13-8-6-9-14-18/h6,8-9,13-14,16H,3-5,7,10-12,15,17H2,1-2H3,(H3,21,22,23)/b19-16+. The largest absolute Gasteiger partial charge is 0.370 e. The van der Waals surface area contributed by atoms with Crippen LogP contribution in [0.2, 0.25) is 0 Å². The summed E-state index contributed by atoms with van der Waals surface area (Å²) in [5.74, 6) is 0.510. The van der Waals surface area contributed by atoms with E-state index >= 15 is 0 Å². The SMILES string of the molecule is CCCCC/C=C(\CCCCCc1ccccc1)NC(N)=NC. The van der Waals surface area contributed by atoms with Crippen molar-refractivity contribution in [1.29, 1.82) is 0 Å². The van der Waals surface area contributed by atoms with Gasteiger partial charge in [-0.15, -0.1) is 0 Å². The van der Waals surface area contributed by atoms with Gasteiger partial charge in [0.15, 0.2) is 5.96 Å². The van der Waals surface area contributed by atoms with E-state index in [1.54, 1.807) is 7.05 Å². The molecular weight excluding hydrogens is 282 g/mol. The topological polar surface area (TPSA) is 50.4 Å². The Hall–Kier alpha value is -1.77. The second-order valence-electron chi connectivity index (χ2n) is 6.01. The first-order valence-corrected chi connectivity index (χ1v) is 8.98. The molecule has 3 N–H and O–H groups in total. The van der Waals surface area contributed by atoms with Crippen LogP contribution in [0.5, 0.6) is 0 Å². The summed E-state index contributed by atoms with van der Waals surface area (Å²) in [7, 11) is 1.72. The van der Waals surface area contributed by atoms with Crippen LogP contribution in [0.1, 0.15) is 63.9 Å². The van der Waals surface area contributed by atoms with Crippen molar-refractivity contribution < 1.29 is 0 Å². The Morgan fingerprint density at radius 2 is 1.87 bits per heavy atom. The summed E-state index contributed by atoms with van der Waals surface area (Å²) in [6, 6.07) is 10.7. The number of hydrogen-bond donors (Lipinski definition) is 2. The number of guanidine groups is 1. The van der Waals surface area contributed by atoms with Crippen molar-refractivity contribution in [3.8, 4) is 0 Å². The predicted octanol–water partition coefficient (Wildman–Crippen LogP) is 4.79. The quantitative estimate of drug-likeness (QED) is 0.350. The van der Waals surface area contributed by atoms with Gasteiger partial charge in [-0.25, -0.2) is 0 Å². The third kappa shape index (κ3) is 9.77. The third-order valence-electron chi connectivity index (χ3n) is 3.98. The molecule has 23 heavy (non-hydrogen) atoms. The lowest BCUT2D eigenvalue weighted by Gasteiger charge is -2.10. The van der Waals surface area contributed by atoms with Gasteiger partial charge in [0.25, 0.3) is 0 Å². The molecule has 0 radical (unpaired) electrons. The fourth-order valence-corrected chi connectivity index (χ4v) is 2.57. The van der Waals surface area contributed by atoms with E-state index in [0.29, 0.717) is 5.96 Å². The summed E-state index contributed by atoms with van der Waals surface area (Å²) in [5, 5.41) is 3.24. The Bertz CT molecular complexity index is 463. The number of nitrogens with zero attached hydrogens (tertiary/aromatic N) is 1. The van der Waals surface area contributed by atoms with Crippen LogP contribution in [0.25, 0.3) is 0 Å². The predicted molar refractivity (Wildman–Crippen MR) is 102 cm³/mol. The van der Waals surface area contributed by atoms with Crippen LogP contribution in [0.3, 0.4) is 0 Å². The molecule has 0 aliphatic rings. The fourth-order valence-electron chi connectivity index (χ4n) is 2.57. The van der Waals surface area contributed by atoms with Gasteiger partial charge in [0.05, 0.1) is 0 Å². The van der Waals surface area contributed by atoms with Crippen molar-refractivity contribution in [2.75, 3.05) is 7.05 Å². The van der Waals surface area contributed by atoms with E-state index < -0.39 is 0 Å². The molecule has 0 saturated heterocycles. The minimum absolute atomic E-state index is 0.510. The number of unbranched alkanes of at least 4 members (excludes halogenated alkanes) is 5. The summed E-state index contributed by atoms with van der Waals surface area (Å²) < 4.78 is 0. The molecule has 0 amide bonds. The molecule has 0 bridgehead atoms. The van der Waals surface area contributed by atoms with E-state index in [4.69, 9.17) is 5.73 Å². The number of benzene rings is 1. The van der Waals surface area contributed by atoms with Gasteiger partial charge in [0.2, 0.25) is 0 Å². The summed E-state index contributed by atoms with van der Waals surface area (Å²) in [4.78, 5) is 4.00. The van der Waals surface area contributed by atoms with Gasteiger partial charge in [0, 0.05) is 12.7 Å². The normalized spacial score (nSPS) is 12.4. The lowest BCUT2D eigenvalue weighted by molar-refractivity contribution is 0.660. The van der Waals surface area contributed by atoms with Crippen LogP contribution >= 0.6 is 0 Å². The van der Waals surface area contributed by atoms with Crippen LogP contribution in [0.4, 0.5) is 0 Å². The molecule has 0 spiro atoms. The zero-order valence-corrected chi connectivity index (χ0v) is 14.9. The summed E-state index contributed by atoms with van der Waals surface area (Å²) in [6.07, 6.45) is 13.1. The average Bonchev–Trinajstić information content (AvgIpc) is 2.58. The van der Waals surface area contributed by atoms with E-state index in [2.05, 4.69) is 53.6 Å². The molecular formula is C20H33N3. The van der Waals surface area contributed by atoms with E-state index in [9.17, 15) is 0 Å². The highest BCUT2D eigenvalue weighted by Gasteiger charge is 2.00. The minimum atomic E-state index is 0.510. The Morgan fingerprint density at radius 3 is 2.57 bits per heavy atom. The van der Waals surface area contributed by atoms with Crippen LogP contribution < -0.4 is 11.1 Å². The first kappa shape index (κ1) is 19.3. The van der Waals surface area contributed by atoms with E-state index in [0.717, 1.165) is 12.8 Å². The molecule has 0 aliphatic heterocycles. The molecule has 0 aromatic heterocycles. The second-order valence-corrected chi connectivity index (χ2v) is 6.01. The van der Waals surface area contributed by atoms with Gasteiger partial charge in [0.1, 0.15) is 0 Å². The van der Waals surface area contributed by atoms with E-state index in [1.165, 1.54) is 56.2 Å². The molecule has 0 atom stereocenters. The van der Waals surface area contributed by atoms with Gasteiger partial charge in [-0.2, -0.15) is 0 Å². The fraction of sp³-hybridized carbons (Fsp3) is 0.550. The lowest BCUT2D eigenvalue weighted by Crippen LogP contribution is -2.30. The highest BCUT2D eigenvalue weighted by molar-refractivity contribution is 5.79. The third-order valence-corrected chi connectivity index (χ3v) is 3.98. The molecule has 1 aromatic rings. The molecule has 3 heteroatoms. The van der Waals surface area contributed by atoms with Gasteiger partial charge < -0.3 is 11.1 Å². The zero-order chi connectivity index (χ0) is 16.8. The van der Waals surface area contributed by atoms with Crippen molar-refractivity contribution in [2.24, 2.45) is 10.7 Å². The highest BCUT2D eigenvalue weighted by Crippen LogP contribution is 2.12. The van der Waals surface area contributed by atoms with Gasteiger partial charge in [-0.05, 0) is 44.1 Å². The Balaban J connectivity index is 2.29. The van der Waals surface area contributed by atoms with Gasteiger partial charge in [-0.3, -0.25) is 4.99 Å². The van der Waals surface area contributed by atoms with Crippen LogP contribution in [0.15, 0.2) is 47.1 Å². The van der Waals surface area contributed by atoms with Crippen molar-refractivity contribution in [1.82, 2.24) is 5.32 Å². The number of aryl methyl sites for hydroxylation is 1. The molecule has 0 aliphatic carbocycles. The average molecular weight is 316 g/mol. The number of rotatable bonds is 11. The Morgan fingerprint density at radius 1 is 1.09 bits per heavy atom. The lowest BCUT2D eigenvalue weighted by atomic mass is 10.0. The van der Waals surface area contributed by atoms with E-state index in [1.807, 2.05) is 0 Å². The van der Waals surface area contributed by atoms with Gasteiger partial charge in [-0.1, -0.05) is 62.6 Å². The van der Waals surface area contributed by atoms with Crippen molar-refractivity contribution in [3.05, 3.63) is 47.7 Å². The number of allylic oxidation sites excluding steroid dienone is 2. The van der Waals surface area contributed by atoms with Gasteiger partial charge >= 0.3 is 0 Å². The number of nitrogens with one attached hydrogen (secondary N) is 1. The molecule has 3 nitrogen and oxygen atoms in total. The molecule has 0 saturated carbocycles. The molecule has 128 valence electrons. The molecule has 0 heterocycles. The minimum Gasteiger partial charge on any atom is -0.370 e. The van der Waals surface area contributed by atoms with Crippen LogP contribution in [-0.2, 0) is 6.42 Å². The van der Waals surface area contributed by atoms with Crippen molar-refractivity contribution in [3.63, 3.8) is 0 Å². The maximum atomic E-state index is 5.81. The second kappa shape index (κ2) is 12.7. The van der Waals surface area contributed by atoms with Crippen LogP contribution in [-0.4, -0.2) is 13.0 Å². The number of aliphatic imine (C=N–C) groups is 1. The molecule has 1 rings (SSSR count). The first-order chi connectivity index (χ1) is 11.3. The summed E-state index contributed by atoms with van der Waals surface area (Å²) in [6.45, 7) is 2.23. The van der Waals surface area contributed by atoms with Crippen molar-refractivity contribution >= 4 is 5.96 Å². The van der Waals surface area contributed by atoms with E-state index in [-0.39, 0.29) is 0 Å². The van der Waals surface area contributed by atoms with Crippen molar-refractivity contribution in [2.45, 2.75) is 64.7 Å². The summed E-state index contributed by atoms with van der Waals surface area (Å²) in [5.41, 5.74) is 8.47. The zero-order valence-electron chi connectivity index (χ0n) is 14.9. The highest BCUT2D eigenvalue weighted by atomic mass is 15.1. The Kier molecular flexibility index (Phi) is 10.7. The monoisotopic (exact) mass is 315 g/mol. The smallest absolute Gasteiger partial charge is 0.192 e. The molecule has 0 fully saturated rings. The molecule has 1 aromatic carbocycles. The number of nitrogens with two attached hydrogens (primary N) is 1. The maximum Gasteiger partial charge on any atom is 0.192 e. The maximum absolute atomic E-state index is 5.81. The molecule has 0 unspecified atom stereocenters. The summed E-state index contributed by atoms with van der Waals surface area (Å²) >= 11 is 0. The van der Waals surface area contributed by atoms with Crippen LogP contribution in [0, 0.1) is 0 Å². The Labute approximate surface area is 142 Å². The first-order valence-electron chi connectivity index (χ1n) is 8.98.